The van der Waals surface area contributed by atoms with Gasteiger partial charge >= 0.3 is 0 Å². The lowest BCUT2D eigenvalue weighted by molar-refractivity contribution is -0.121. The van der Waals surface area contributed by atoms with Gasteiger partial charge in [0.25, 0.3) is 0 Å². The van der Waals surface area contributed by atoms with Crippen LogP contribution < -0.4 is 15.5 Å². The van der Waals surface area contributed by atoms with Gasteiger partial charge in [-0.1, -0.05) is 0 Å². The maximum atomic E-state index is 11.8. The average molecular weight is 335 g/mol. The molecule has 1 amide bonds. The fourth-order valence-corrected chi connectivity index (χ4v) is 3.02. The fraction of sp³-hybridized carbons (Fsp3) is 0.706. The minimum atomic E-state index is 0.112. The highest BCUT2D eigenvalue weighted by molar-refractivity contribution is 5.75. The van der Waals surface area contributed by atoms with E-state index in [2.05, 4.69) is 32.4 Å². The number of nitrogens with zero attached hydrogens (tertiary/aromatic N) is 3. The van der Waals surface area contributed by atoms with Gasteiger partial charge in [-0.3, -0.25) is 4.79 Å². The maximum Gasteiger partial charge on any atom is 0.220 e. The SMILES string of the molecule is CCNc1cc(N2CCC[C@H](CCC(=O)NCCOC)C2)ncn1. The van der Waals surface area contributed by atoms with Crippen molar-refractivity contribution in [2.75, 3.05) is 50.1 Å². The molecule has 0 aliphatic carbocycles. The van der Waals surface area contributed by atoms with Gasteiger partial charge in [0.15, 0.2) is 0 Å². The topological polar surface area (TPSA) is 79.4 Å². The summed E-state index contributed by atoms with van der Waals surface area (Å²) >= 11 is 0. The van der Waals surface area contributed by atoms with Crippen LogP contribution in [0.5, 0.6) is 0 Å². The predicted octanol–water partition coefficient (Wildman–Crippen LogP) is 1.67. The summed E-state index contributed by atoms with van der Waals surface area (Å²) in [5.74, 6) is 2.47. The Morgan fingerprint density at radius 1 is 1.46 bits per heavy atom. The first-order valence-corrected chi connectivity index (χ1v) is 8.79. The molecule has 2 rings (SSSR count). The molecule has 0 aromatic carbocycles. The van der Waals surface area contributed by atoms with Crippen LogP contribution in [-0.2, 0) is 9.53 Å². The first-order chi connectivity index (χ1) is 11.7. The van der Waals surface area contributed by atoms with Crippen molar-refractivity contribution >= 4 is 17.5 Å². The highest BCUT2D eigenvalue weighted by Gasteiger charge is 2.21. The minimum Gasteiger partial charge on any atom is -0.383 e. The summed E-state index contributed by atoms with van der Waals surface area (Å²) in [4.78, 5) is 22.8. The number of anilines is 2. The van der Waals surface area contributed by atoms with E-state index < -0.39 is 0 Å². The lowest BCUT2D eigenvalue weighted by Gasteiger charge is -2.33. The van der Waals surface area contributed by atoms with Crippen molar-refractivity contribution in [3.05, 3.63) is 12.4 Å². The van der Waals surface area contributed by atoms with E-state index >= 15 is 0 Å². The zero-order valence-electron chi connectivity index (χ0n) is 14.8. The molecule has 1 aliphatic heterocycles. The largest absolute Gasteiger partial charge is 0.383 e. The van der Waals surface area contributed by atoms with E-state index in [4.69, 9.17) is 4.74 Å². The summed E-state index contributed by atoms with van der Waals surface area (Å²) in [6.07, 6.45) is 5.42. The van der Waals surface area contributed by atoms with Crippen LogP contribution in [0.1, 0.15) is 32.6 Å². The summed E-state index contributed by atoms with van der Waals surface area (Å²) in [7, 11) is 1.64. The molecule has 1 atom stereocenters. The third-order valence-electron chi connectivity index (χ3n) is 4.26. The summed E-state index contributed by atoms with van der Waals surface area (Å²) in [6, 6.07) is 2.00. The van der Waals surface area contributed by atoms with E-state index in [0.717, 1.165) is 44.1 Å². The molecule has 7 nitrogen and oxygen atoms in total. The van der Waals surface area contributed by atoms with Gasteiger partial charge in [-0.25, -0.2) is 9.97 Å². The summed E-state index contributed by atoms with van der Waals surface area (Å²) in [5.41, 5.74) is 0. The molecular weight excluding hydrogens is 306 g/mol. The quantitative estimate of drug-likeness (QED) is 0.668. The number of nitrogens with one attached hydrogen (secondary N) is 2. The number of carbonyl (C=O) groups excluding carboxylic acids is 1. The van der Waals surface area contributed by atoms with E-state index in [1.807, 2.05) is 6.07 Å². The van der Waals surface area contributed by atoms with Crippen molar-refractivity contribution in [3.63, 3.8) is 0 Å². The van der Waals surface area contributed by atoms with E-state index in [9.17, 15) is 4.79 Å². The number of hydrogen-bond acceptors (Lipinski definition) is 6. The van der Waals surface area contributed by atoms with Crippen molar-refractivity contribution in [1.29, 1.82) is 0 Å². The lowest BCUT2D eigenvalue weighted by atomic mass is 9.93. The van der Waals surface area contributed by atoms with E-state index in [1.54, 1.807) is 13.4 Å². The highest BCUT2D eigenvalue weighted by atomic mass is 16.5. The van der Waals surface area contributed by atoms with Gasteiger partial charge in [-0.15, -0.1) is 0 Å². The van der Waals surface area contributed by atoms with Crippen molar-refractivity contribution < 1.29 is 9.53 Å². The van der Waals surface area contributed by atoms with Crippen molar-refractivity contribution in [2.45, 2.75) is 32.6 Å². The van der Waals surface area contributed by atoms with Gasteiger partial charge < -0.3 is 20.3 Å². The number of amides is 1. The molecule has 0 radical (unpaired) electrons. The second-order valence-corrected chi connectivity index (χ2v) is 6.13. The van der Waals surface area contributed by atoms with E-state index in [-0.39, 0.29) is 5.91 Å². The molecule has 2 heterocycles. The van der Waals surface area contributed by atoms with Crippen molar-refractivity contribution in [3.8, 4) is 0 Å². The Morgan fingerprint density at radius 3 is 3.12 bits per heavy atom. The zero-order valence-corrected chi connectivity index (χ0v) is 14.8. The second kappa shape index (κ2) is 10.1. The number of rotatable bonds is 9. The Bertz CT molecular complexity index is 512. The first kappa shape index (κ1) is 18.4. The smallest absolute Gasteiger partial charge is 0.220 e. The third-order valence-corrected chi connectivity index (χ3v) is 4.26. The van der Waals surface area contributed by atoms with Crippen LogP contribution in [-0.4, -0.2) is 55.8 Å². The molecule has 1 saturated heterocycles. The van der Waals surface area contributed by atoms with Crippen LogP contribution in [0.4, 0.5) is 11.6 Å². The molecule has 0 bridgehead atoms. The van der Waals surface area contributed by atoms with Gasteiger partial charge in [0.1, 0.15) is 18.0 Å². The number of aromatic nitrogens is 2. The third kappa shape index (κ3) is 5.96. The Hall–Kier alpha value is -1.89. The van der Waals surface area contributed by atoms with Gasteiger partial charge in [-0.05, 0) is 32.1 Å². The number of methoxy groups -OCH3 is 1. The predicted molar refractivity (Wildman–Crippen MR) is 95.3 cm³/mol. The van der Waals surface area contributed by atoms with Gasteiger partial charge in [0, 0.05) is 45.8 Å². The van der Waals surface area contributed by atoms with E-state index in [1.165, 1.54) is 6.42 Å². The molecule has 1 aliphatic rings. The molecule has 134 valence electrons. The normalized spacial score (nSPS) is 17.6. The Kier molecular flexibility index (Phi) is 7.74. The molecule has 7 heteroatoms. The summed E-state index contributed by atoms with van der Waals surface area (Å²) < 4.78 is 4.94. The molecule has 1 fully saturated rings. The van der Waals surface area contributed by atoms with Gasteiger partial charge in [-0.2, -0.15) is 0 Å². The monoisotopic (exact) mass is 335 g/mol. The number of carbonyl (C=O) groups is 1. The molecule has 2 N–H and O–H groups in total. The van der Waals surface area contributed by atoms with Gasteiger partial charge in [0.2, 0.25) is 5.91 Å². The van der Waals surface area contributed by atoms with Crippen LogP contribution in [0, 0.1) is 5.92 Å². The number of ether oxygens (including phenoxy) is 1. The molecule has 0 spiro atoms. The Labute approximate surface area is 144 Å². The Balaban J connectivity index is 1.81. The highest BCUT2D eigenvalue weighted by Crippen LogP contribution is 2.25. The molecule has 1 aromatic heterocycles. The van der Waals surface area contributed by atoms with Crippen LogP contribution in [0.3, 0.4) is 0 Å². The summed E-state index contributed by atoms with van der Waals surface area (Å²) in [6.45, 7) is 6.01. The van der Waals surface area contributed by atoms with Crippen LogP contribution >= 0.6 is 0 Å². The van der Waals surface area contributed by atoms with Crippen molar-refractivity contribution in [2.24, 2.45) is 5.92 Å². The molecule has 24 heavy (non-hydrogen) atoms. The number of hydrogen-bond donors (Lipinski definition) is 2. The number of piperidine rings is 1. The standard InChI is InChI=1S/C17H29N5O2/c1-3-18-15-11-16(21-13-20-15)22-9-4-5-14(12-22)6-7-17(23)19-8-10-24-2/h11,13-14H,3-10,12H2,1-2H3,(H,19,23)(H,18,20,21)/t14-/m1/s1. The fourth-order valence-electron chi connectivity index (χ4n) is 3.02. The molecule has 0 unspecified atom stereocenters. The van der Waals surface area contributed by atoms with Crippen molar-refractivity contribution in [1.82, 2.24) is 15.3 Å². The summed E-state index contributed by atoms with van der Waals surface area (Å²) in [5, 5.41) is 6.10. The van der Waals surface area contributed by atoms with Crippen LogP contribution in [0.25, 0.3) is 0 Å². The zero-order chi connectivity index (χ0) is 17.2. The van der Waals surface area contributed by atoms with Crippen LogP contribution in [0.2, 0.25) is 0 Å². The second-order valence-electron chi connectivity index (χ2n) is 6.13. The lowest BCUT2D eigenvalue weighted by Crippen LogP contribution is -2.36. The maximum absolute atomic E-state index is 11.8. The van der Waals surface area contributed by atoms with Crippen LogP contribution in [0.15, 0.2) is 12.4 Å². The molecular formula is C17H29N5O2. The average Bonchev–Trinajstić information content (AvgIpc) is 2.61. The minimum absolute atomic E-state index is 0.112. The van der Waals surface area contributed by atoms with Gasteiger partial charge in [0.05, 0.1) is 6.61 Å². The Morgan fingerprint density at radius 2 is 2.33 bits per heavy atom. The van der Waals surface area contributed by atoms with E-state index in [0.29, 0.717) is 25.5 Å². The molecule has 1 aromatic rings. The molecule has 0 saturated carbocycles. The first-order valence-electron chi connectivity index (χ1n) is 8.79.